The maximum absolute atomic E-state index is 5.91. The van der Waals surface area contributed by atoms with Crippen LogP contribution in [-0.4, -0.2) is 31.1 Å². The number of nitrogens with two attached hydrogens (primary N) is 1. The largest absolute Gasteiger partial charge is 0.328 e. The second kappa shape index (κ2) is 8.26. The molecule has 0 bridgehead atoms. The molecule has 0 saturated carbocycles. The zero-order valence-electron chi connectivity index (χ0n) is 11.2. The Morgan fingerprint density at radius 1 is 1.18 bits per heavy atom. The first kappa shape index (κ1) is 14.2. The van der Waals surface area contributed by atoms with Crippen molar-refractivity contribution in [3.8, 4) is 0 Å². The van der Waals surface area contributed by atoms with E-state index in [1.807, 2.05) is 0 Å². The van der Waals surface area contributed by atoms with Crippen LogP contribution in [0.15, 0.2) is 30.3 Å². The van der Waals surface area contributed by atoms with Gasteiger partial charge in [-0.05, 0) is 44.8 Å². The summed E-state index contributed by atoms with van der Waals surface area (Å²) in [6.07, 6.45) is 4.58. The topological polar surface area (TPSA) is 29.3 Å². The maximum atomic E-state index is 5.91. The van der Waals surface area contributed by atoms with Crippen molar-refractivity contribution in [1.82, 2.24) is 4.90 Å². The number of rotatable bonds is 8. The van der Waals surface area contributed by atoms with E-state index in [0.717, 1.165) is 32.4 Å². The number of nitrogens with zero attached hydrogens (tertiary/aromatic N) is 1. The van der Waals surface area contributed by atoms with Crippen LogP contribution in [0.2, 0.25) is 0 Å². The second-order valence-electron chi connectivity index (χ2n) is 4.85. The fraction of sp³-hybridized carbons (Fsp3) is 0.600. The van der Waals surface area contributed by atoms with Gasteiger partial charge in [-0.3, -0.25) is 0 Å². The SMILES string of the molecule is CCC(N)CCCN(C)CCc1ccccc1. The quantitative estimate of drug-likeness (QED) is 0.749. The van der Waals surface area contributed by atoms with Crippen molar-refractivity contribution in [2.24, 2.45) is 5.73 Å². The van der Waals surface area contributed by atoms with Gasteiger partial charge in [-0.15, -0.1) is 0 Å². The number of benzene rings is 1. The summed E-state index contributed by atoms with van der Waals surface area (Å²) in [4.78, 5) is 2.40. The average Bonchev–Trinajstić information content (AvgIpc) is 2.37. The monoisotopic (exact) mass is 234 g/mol. The Morgan fingerprint density at radius 2 is 1.88 bits per heavy atom. The van der Waals surface area contributed by atoms with Gasteiger partial charge in [0.15, 0.2) is 0 Å². The molecule has 0 heterocycles. The lowest BCUT2D eigenvalue weighted by molar-refractivity contribution is 0.324. The minimum Gasteiger partial charge on any atom is -0.328 e. The number of hydrogen-bond acceptors (Lipinski definition) is 2. The lowest BCUT2D eigenvalue weighted by atomic mass is 10.1. The molecule has 0 aromatic heterocycles. The van der Waals surface area contributed by atoms with Crippen molar-refractivity contribution < 1.29 is 0 Å². The summed E-state index contributed by atoms with van der Waals surface area (Å²) in [5.74, 6) is 0. The van der Waals surface area contributed by atoms with Crippen molar-refractivity contribution in [1.29, 1.82) is 0 Å². The fourth-order valence-corrected chi connectivity index (χ4v) is 1.90. The van der Waals surface area contributed by atoms with Crippen molar-refractivity contribution in [2.75, 3.05) is 20.1 Å². The van der Waals surface area contributed by atoms with Gasteiger partial charge in [0, 0.05) is 12.6 Å². The van der Waals surface area contributed by atoms with Gasteiger partial charge >= 0.3 is 0 Å². The highest BCUT2D eigenvalue weighted by atomic mass is 15.1. The number of hydrogen-bond donors (Lipinski definition) is 1. The van der Waals surface area contributed by atoms with Crippen LogP contribution in [0.5, 0.6) is 0 Å². The Hall–Kier alpha value is -0.860. The van der Waals surface area contributed by atoms with E-state index in [-0.39, 0.29) is 0 Å². The van der Waals surface area contributed by atoms with Crippen LogP contribution in [-0.2, 0) is 6.42 Å². The Balaban J connectivity index is 2.11. The lowest BCUT2D eigenvalue weighted by Crippen LogP contribution is -2.25. The van der Waals surface area contributed by atoms with Crippen LogP contribution < -0.4 is 5.73 Å². The molecule has 2 N–H and O–H groups in total. The van der Waals surface area contributed by atoms with Crippen LogP contribution in [0.4, 0.5) is 0 Å². The Bertz CT molecular complexity index is 284. The van der Waals surface area contributed by atoms with Gasteiger partial charge in [0.05, 0.1) is 0 Å². The van der Waals surface area contributed by atoms with Crippen molar-refractivity contribution in [2.45, 2.75) is 38.6 Å². The lowest BCUT2D eigenvalue weighted by Gasteiger charge is -2.17. The molecule has 0 fully saturated rings. The van der Waals surface area contributed by atoms with Crippen molar-refractivity contribution in [3.63, 3.8) is 0 Å². The van der Waals surface area contributed by atoms with Gasteiger partial charge in [-0.1, -0.05) is 37.3 Å². The molecule has 0 aliphatic rings. The van der Waals surface area contributed by atoms with Crippen molar-refractivity contribution >= 4 is 0 Å². The molecule has 0 saturated heterocycles. The molecule has 0 aliphatic heterocycles. The normalized spacial score (nSPS) is 12.9. The van der Waals surface area contributed by atoms with Crippen LogP contribution in [0, 0.1) is 0 Å². The molecular weight excluding hydrogens is 208 g/mol. The third-order valence-electron chi connectivity index (χ3n) is 3.26. The van der Waals surface area contributed by atoms with Gasteiger partial charge in [0.2, 0.25) is 0 Å². The van der Waals surface area contributed by atoms with Crippen LogP contribution in [0.1, 0.15) is 31.7 Å². The summed E-state index contributed by atoms with van der Waals surface area (Å²) in [5, 5.41) is 0. The predicted octanol–water partition coefficient (Wildman–Crippen LogP) is 2.68. The zero-order valence-corrected chi connectivity index (χ0v) is 11.2. The van der Waals surface area contributed by atoms with E-state index in [1.54, 1.807) is 0 Å². The first-order valence-corrected chi connectivity index (χ1v) is 6.70. The van der Waals surface area contributed by atoms with E-state index in [4.69, 9.17) is 5.73 Å². The standard InChI is InChI=1S/C15H26N2/c1-3-15(16)10-7-12-17(2)13-11-14-8-5-4-6-9-14/h4-6,8-9,15H,3,7,10-13,16H2,1-2H3. The van der Waals surface area contributed by atoms with Crippen LogP contribution in [0.3, 0.4) is 0 Å². The minimum absolute atomic E-state index is 0.387. The highest BCUT2D eigenvalue weighted by molar-refractivity contribution is 5.14. The first-order chi connectivity index (χ1) is 8.22. The summed E-state index contributed by atoms with van der Waals surface area (Å²) in [6, 6.07) is 11.1. The molecule has 0 aliphatic carbocycles. The van der Waals surface area contributed by atoms with E-state index < -0.39 is 0 Å². The van der Waals surface area contributed by atoms with Gasteiger partial charge in [0.25, 0.3) is 0 Å². The minimum atomic E-state index is 0.387. The summed E-state index contributed by atoms with van der Waals surface area (Å²) >= 11 is 0. The maximum Gasteiger partial charge on any atom is 0.00366 e. The van der Waals surface area contributed by atoms with Crippen LogP contribution in [0.25, 0.3) is 0 Å². The Kier molecular flexibility index (Phi) is 6.90. The van der Waals surface area contributed by atoms with E-state index in [9.17, 15) is 0 Å². The van der Waals surface area contributed by atoms with Gasteiger partial charge in [-0.25, -0.2) is 0 Å². The molecule has 1 aromatic rings. The average molecular weight is 234 g/mol. The molecule has 2 heteroatoms. The molecule has 1 atom stereocenters. The molecule has 0 radical (unpaired) electrons. The van der Waals surface area contributed by atoms with Gasteiger partial charge < -0.3 is 10.6 Å². The van der Waals surface area contributed by atoms with E-state index in [2.05, 4.69) is 49.2 Å². The number of likely N-dealkylation sites (N-methyl/N-ethyl adjacent to an activating group) is 1. The van der Waals surface area contributed by atoms with Crippen molar-refractivity contribution in [3.05, 3.63) is 35.9 Å². The fourth-order valence-electron chi connectivity index (χ4n) is 1.90. The zero-order chi connectivity index (χ0) is 12.5. The van der Waals surface area contributed by atoms with Gasteiger partial charge in [0.1, 0.15) is 0 Å². The summed E-state index contributed by atoms with van der Waals surface area (Å²) in [5.41, 5.74) is 7.33. The molecule has 17 heavy (non-hydrogen) atoms. The van der Waals surface area contributed by atoms with E-state index in [1.165, 1.54) is 12.0 Å². The molecule has 0 amide bonds. The first-order valence-electron chi connectivity index (χ1n) is 6.70. The summed E-state index contributed by atoms with van der Waals surface area (Å²) in [7, 11) is 2.19. The molecule has 1 unspecified atom stereocenters. The third-order valence-corrected chi connectivity index (χ3v) is 3.26. The second-order valence-corrected chi connectivity index (χ2v) is 4.85. The molecule has 96 valence electrons. The molecule has 2 nitrogen and oxygen atoms in total. The molecule has 0 spiro atoms. The molecule has 1 aromatic carbocycles. The molecular formula is C15H26N2. The Labute approximate surface area is 106 Å². The van der Waals surface area contributed by atoms with Crippen LogP contribution >= 0.6 is 0 Å². The Morgan fingerprint density at radius 3 is 2.53 bits per heavy atom. The van der Waals surface area contributed by atoms with E-state index in [0.29, 0.717) is 6.04 Å². The predicted molar refractivity (Wildman–Crippen MR) is 75.1 cm³/mol. The smallest absolute Gasteiger partial charge is 0.00366 e. The third kappa shape index (κ3) is 6.44. The van der Waals surface area contributed by atoms with E-state index >= 15 is 0 Å². The summed E-state index contributed by atoms with van der Waals surface area (Å²) < 4.78 is 0. The summed E-state index contributed by atoms with van der Waals surface area (Å²) in [6.45, 7) is 4.44. The highest BCUT2D eigenvalue weighted by Crippen LogP contribution is 2.03. The molecule has 1 rings (SSSR count). The highest BCUT2D eigenvalue weighted by Gasteiger charge is 2.02. The van der Waals surface area contributed by atoms with Gasteiger partial charge in [-0.2, -0.15) is 0 Å².